The lowest BCUT2D eigenvalue weighted by Gasteiger charge is -2.04. The highest BCUT2D eigenvalue weighted by atomic mass is 127. The molecule has 104 valence electrons. The lowest BCUT2D eigenvalue weighted by molar-refractivity contribution is 0.0955. The molecule has 4 nitrogen and oxygen atoms in total. The van der Waals surface area contributed by atoms with Crippen molar-refractivity contribution in [3.8, 4) is 0 Å². The molecular weight excluding hydrogens is 365 g/mol. The van der Waals surface area contributed by atoms with Crippen LogP contribution in [0.4, 0.5) is 0 Å². The van der Waals surface area contributed by atoms with Crippen LogP contribution in [-0.4, -0.2) is 16.7 Å². The second kappa shape index (κ2) is 6.69. The van der Waals surface area contributed by atoms with Gasteiger partial charge >= 0.3 is 0 Å². The van der Waals surface area contributed by atoms with Crippen molar-refractivity contribution in [2.75, 3.05) is 0 Å². The molecule has 2 rings (SSSR count). The van der Waals surface area contributed by atoms with Crippen molar-refractivity contribution in [1.82, 2.24) is 9.99 Å². The van der Waals surface area contributed by atoms with Crippen molar-refractivity contribution in [1.29, 1.82) is 0 Å². The molecule has 0 fully saturated rings. The Morgan fingerprint density at radius 2 is 2.20 bits per heavy atom. The van der Waals surface area contributed by atoms with Crippen molar-refractivity contribution in [2.24, 2.45) is 5.10 Å². The Kier molecular flexibility index (Phi) is 4.94. The summed E-state index contributed by atoms with van der Waals surface area (Å²) >= 11 is 2.17. The highest BCUT2D eigenvalue weighted by Gasteiger charge is 2.04. The predicted octanol–water partition coefficient (Wildman–Crippen LogP) is 3.44. The first kappa shape index (κ1) is 14.8. The van der Waals surface area contributed by atoms with Crippen LogP contribution >= 0.6 is 22.6 Å². The molecule has 5 heteroatoms. The van der Waals surface area contributed by atoms with Gasteiger partial charge in [-0.25, -0.2) is 5.43 Å². The van der Waals surface area contributed by atoms with Gasteiger partial charge in [0.15, 0.2) is 0 Å². The van der Waals surface area contributed by atoms with Gasteiger partial charge in [-0.2, -0.15) is 5.10 Å². The zero-order valence-electron chi connectivity index (χ0n) is 11.4. The fourth-order valence-corrected chi connectivity index (χ4v) is 2.23. The average Bonchev–Trinajstić information content (AvgIpc) is 2.87. The van der Waals surface area contributed by atoms with Gasteiger partial charge in [0, 0.05) is 33.1 Å². The van der Waals surface area contributed by atoms with Gasteiger partial charge in [-0.15, -0.1) is 0 Å². The van der Waals surface area contributed by atoms with Crippen molar-refractivity contribution >= 4 is 34.7 Å². The van der Waals surface area contributed by atoms with E-state index in [9.17, 15) is 4.79 Å². The maximum absolute atomic E-state index is 11.9. The number of hydrogen-bond donors (Lipinski definition) is 1. The molecule has 1 aromatic carbocycles. The molecule has 2 aromatic rings. The zero-order valence-corrected chi connectivity index (χ0v) is 13.5. The smallest absolute Gasteiger partial charge is 0.271 e. The van der Waals surface area contributed by atoms with Crippen LogP contribution in [0.5, 0.6) is 0 Å². The Hall–Kier alpha value is -1.63. The summed E-state index contributed by atoms with van der Waals surface area (Å²) in [4.78, 5) is 11.9. The first-order valence-electron chi connectivity index (χ1n) is 6.32. The second-order valence-electron chi connectivity index (χ2n) is 4.70. The highest BCUT2D eigenvalue weighted by molar-refractivity contribution is 14.1. The quantitative estimate of drug-likeness (QED) is 0.492. The molecule has 0 aliphatic rings. The lowest BCUT2D eigenvalue weighted by Crippen LogP contribution is -2.17. The molecule has 20 heavy (non-hydrogen) atoms. The van der Waals surface area contributed by atoms with Crippen LogP contribution in [0, 0.1) is 3.57 Å². The zero-order chi connectivity index (χ0) is 14.5. The number of benzene rings is 1. The SMILES string of the molecule is CC(C)n1ccc(/C=N\NC(=O)c2cccc(I)c2)c1. The molecule has 0 atom stereocenters. The summed E-state index contributed by atoms with van der Waals surface area (Å²) in [6.45, 7) is 4.22. The van der Waals surface area contributed by atoms with E-state index in [1.165, 1.54) is 0 Å². The summed E-state index contributed by atoms with van der Waals surface area (Å²) in [6, 6.07) is 9.75. The van der Waals surface area contributed by atoms with Gasteiger partial charge in [0.05, 0.1) is 6.21 Å². The minimum Gasteiger partial charge on any atom is -0.351 e. The van der Waals surface area contributed by atoms with Crippen LogP contribution in [0.15, 0.2) is 47.8 Å². The number of rotatable bonds is 4. The molecule has 0 bridgehead atoms. The van der Waals surface area contributed by atoms with Gasteiger partial charge in [0.1, 0.15) is 0 Å². The topological polar surface area (TPSA) is 46.4 Å². The number of halogens is 1. The molecule has 0 spiro atoms. The van der Waals surface area contributed by atoms with E-state index in [1.54, 1.807) is 12.3 Å². The fourth-order valence-electron chi connectivity index (χ4n) is 1.69. The molecule has 0 saturated heterocycles. The number of nitrogens with one attached hydrogen (secondary N) is 1. The largest absolute Gasteiger partial charge is 0.351 e. The van der Waals surface area contributed by atoms with Crippen LogP contribution in [0.3, 0.4) is 0 Å². The highest BCUT2D eigenvalue weighted by Crippen LogP contribution is 2.08. The molecule has 1 N–H and O–H groups in total. The van der Waals surface area contributed by atoms with E-state index < -0.39 is 0 Å². The molecule has 0 aliphatic carbocycles. The molecule has 0 radical (unpaired) electrons. The van der Waals surface area contributed by atoms with Crippen LogP contribution in [0.1, 0.15) is 35.8 Å². The molecule has 1 aromatic heterocycles. The summed E-state index contributed by atoms with van der Waals surface area (Å²) in [5.74, 6) is -0.206. The van der Waals surface area contributed by atoms with Gasteiger partial charge in [-0.1, -0.05) is 6.07 Å². The molecule has 0 unspecified atom stereocenters. The fraction of sp³-hybridized carbons (Fsp3) is 0.200. The first-order valence-corrected chi connectivity index (χ1v) is 7.40. The normalized spacial score (nSPS) is 11.2. The van der Waals surface area contributed by atoms with E-state index in [4.69, 9.17) is 0 Å². The number of amides is 1. The number of hydrogen-bond acceptors (Lipinski definition) is 2. The third kappa shape index (κ3) is 3.93. The predicted molar refractivity (Wildman–Crippen MR) is 89.0 cm³/mol. The van der Waals surface area contributed by atoms with Crippen LogP contribution < -0.4 is 5.43 Å². The molecule has 1 heterocycles. The van der Waals surface area contributed by atoms with E-state index in [-0.39, 0.29) is 5.91 Å². The first-order chi connectivity index (χ1) is 9.56. The molecule has 0 saturated carbocycles. The maximum Gasteiger partial charge on any atom is 0.271 e. The second-order valence-corrected chi connectivity index (χ2v) is 5.94. The number of nitrogens with zero attached hydrogens (tertiary/aromatic N) is 2. The van der Waals surface area contributed by atoms with Crippen LogP contribution in [0.25, 0.3) is 0 Å². The van der Waals surface area contributed by atoms with Crippen LogP contribution in [-0.2, 0) is 0 Å². The summed E-state index contributed by atoms with van der Waals surface area (Å²) in [5.41, 5.74) is 4.10. The van der Waals surface area contributed by atoms with Crippen LogP contribution in [0.2, 0.25) is 0 Å². The third-order valence-corrected chi connectivity index (χ3v) is 3.47. The third-order valence-electron chi connectivity index (χ3n) is 2.80. The summed E-state index contributed by atoms with van der Waals surface area (Å²) in [6.07, 6.45) is 5.63. The van der Waals surface area contributed by atoms with Crippen molar-refractivity contribution < 1.29 is 4.79 Å². The van der Waals surface area contributed by atoms with E-state index >= 15 is 0 Å². The summed E-state index contributed by atoms with van der Waals surface area (Å²) < 4.78 is 3.11. The number of carbonyl (C=O) groups excluding carboxylic acids is 1. The molecule has 1 amide bonds. The van der Waals surface area contributed by atoms with Gasteiger partial charge in [0.2, 0.25) is 0 Å². The Labute approximate surface area is 132 Å². The van der Waals surface area contributed by atoms with Crippen molar-refractivity contribution in [3.63, 3.8) is 0 Å². The van der Waals surface area contributed by atoms with E-state index in [0.717, 1.165) is 9.13 Å². The summed E-state index contributed by atoms with van der Waals surface area (Å²) in [5, 5.41) is 3.98. The lowest BCUT2D eigenvalue weighted by atomic mass is 10.2. The van der Waals surface area contributed by atoms with Gasteiger partial charge in [-0.05, 0) is 60.7 Å². The average molecular weight is 381 g/mol. The number of hydrazone groups is 1. The van der Waals surface area contributed by atoms with Crippen molar-refractivity contribution in [2.45, 2.75) is 19.9 Å². The van der Waals surface area contributed by atoms with Gasteiger partial charge < -0.3 is 4.57 Å². The van der Waals surface area contributed by atoms with E-state index in [2.05, 4.69) is 51.5 Å². The maximum atomic E-state index is 11.9. The Morgan fingerprint density at radius 1 is 1.40 bits per heavy atom. The number of carbonyl (C=O) groups is 1. The Bertz CT molecular complexity index is 632. The van der Waals surface area contributed by atoms with Gasteiger partial charge in [-0.3, -0.25) is 4.79 Å². The molecule has 0 aliphatic heterocycles. The van der Waals surface area contributed by atoms with Crippen molar-refractivity contribution in [3.05, 3.63) is 57.4 Å². The number of aromatic nitrogens is 1. The Balaban J connectivity index is 1.97. The minimum absolute atomic E-state index is 0.206. The summed E-state index contributed by atoms with van der Waals surface area (Å²) in [7, 11) is 0. The minimum atomic E-state index is -0.206. The van der Waals surface area contributed by atoms with Gasteiger partial charge in [0.25, 0.3) is 5.91 Å². The monoisotopic (exact) mass is 381 g/mol. The Morgan fingerprint density at radius 3 is 2.85 bits per heavy atom. The van der Waals surface area contributed by atoms with E-state index in [1.807, 2.05) is 36.7 Å². The van der Waals surface area contributed by atoms with E-state index in [0.29, 0.717) is 11.6 Å². The standard InChI is InChI=1S/C15H16IN3O/c1-11(2)19-7-6-12(10-19)9-17-18-15(20)13-4-3-5-14(16)8-13/h3-11H,1-2H3,(H,18,20)/b17-9-. The molecular formula is C15H16IN3O.